The zero-order valence-corrected chi connectivity index (χ0v) is 18.6. The molecule has 1 unspecified atom stereocenters. The Morgan fingerprint density at radius 1 is 1.21 bits per heavy atom. The van der Waals surface area contributed by atoms with Crippen LogP contribution >= 0.6 is 11.3 Å². The standard InChI is InChI=1S/C22H32N4O2S/c1-16-5-7-17(8-6-16)19(26-9-11-28-12-10-26)14-24-21(27)23-13-18-15-29-20(25-18)22(2,3)4/h5-8,15,19H,9-14H2,1-4H3,(H2,23,24,27). The Morgan fingerprint density at radius 2 is 1.90 bits per heavy atom. The molecule has 2 amide bonds. The number of carbonyl (C=O) groups is 1. The second kappa shape index (κ2) is 9.69. The van der Waals surface area contributed by atoms with Gasteiger partial charge in [-0.1, -0.05) is 50.6 Å². The fraction of sp³-hybridized carbons (Fsp3) is 0.545. The van der Waals surface area contributed by atoms with Crippen LogP contribution < -0.4 is 10.6 Å². The van der Waals surface area contributed by atoms with E-state index in [1.54, 1.807) is 11.3 Å². The van der Waals surface area contributed by atoms with Gasteiger partial charge in [0.15, 0.2) is 0 Å². The lowest BCUT2D eigenvalue weighted by Crippen LogP contribution is -2.45. The largest absolute Gasteiger partial charge is 0.379 e. The van der Waals surface area contributed by atoms with Crippen LogP contribution in [0.2, 0.25) is 0 Å². The number of urea groups is 1. The van der Waals surface area contributed by atoms with E-state index in [9.17, 15) is 4.79 Å². The molecule has 2 aromatic rings. The molecule has 2 heterocycles. The van der Waals surface area contributed by atoms with Crippen LogP contribution in [0, 0.1) is 6.92 Å². The average molecular weight is 417 g/mol. The van der Waals surface area contributed by atoms with Gasteiger partial charge in [0.1, 0.15) is 0 Å². The van der Waals surface area contributed by atoms with Crippen LogP contribution in [0.25, 0.3) is 0 Å². The van der Waals surface area contributed by atoms with Gasteiger partial charge in [0.05, 0.1) is 36.5 Å². The number of hydrogen-bond donors (Lipinski definition) is 2. The van der Waals surface area contributed by atoms with E-state index in [1.165, 1.54) is 11.1 Å². The number of nitrogens with zero attached hydrogens (tertiary/aromatic N) is 2. The number of carbonyl (C=O) groups excluding carboxylic acids is 1. The van der Waals surface area contributed by atoms with Gasteiger partial charge in [-0.2, -0.15) is 0 Å². The zero-order chi connectivity index (χ0) is 20.9. The summed E-state index contributed by atoms with van der Waals surface area (Å²) in [7, 11) is 0. The number of hydrogen-bond acceptors (Lipinski definition) is 5. The number of ether oxygens (including phenoxy) is 1. The molecule has 1 atom stereocenters. The summed E-state index contributed by atoms with van der Waals surface area (Å²) in [5, 5.41) is 9.08. The van der Waals surface area contributed by atoms with Gasteiger partial charge in [-0.15, -0.1) is 11.3 Å². The van der Waals surface area contributed by atoms with E-state index in [4.69, 9.17) is 4.74 Å². The Balaban J connectivity index is 1.56. The Morgan fingerprint density at radius 3 is 2.52 bits per heavy atom. The molecule has 0 bridgehead atoms. The lowest BCUT2D eigenvalue weighted by Gasteiger charge is -2.35. The average Bonchev–Trinajstić information content (AvgIpc) is 3.18. The first-order chi connectivity index (χ1) is 13.8. The minimum Gasteiger partial charge on any atom is -0.379 e. The number of benzene rings is 1. The maximum Gasteiger partial charge on any atom is 0.315 e. The summed E-state index contributed by atoms with van der Waals surface area (Å²) in [6.45, 7) is 12.7. The highest BCUT2D eigenvalue weighted by molar-refractivity contribution is 7.09. The molecular weight excluding hydrogens is 384 g/mol. The van der Waals surface area contributed by atoms with Crippen molar-refractivity contribution in [1.82, 2.24) is 20.5 Å². The zero-order valence-electron chi connectivity index (χ0n) is 17.8. The summed E-state index contributed by atoms with van der Waals surface area (Å²) in [5.41, 5.74) is 3.38. The van der Waals surface area contributed by atoms with Gasteiger partial charge >= 0.3 is 6.03 Å². The minimum absolute atomic E-state index is 0.0323. The molecule has 7 heteroatoms. The van der Waals surface area contributed by atoms with Crippen LogP contribution in [0.3, 0.4) is 0 Å². The summed E-state index contributed by atoms with van der Waals surface area (Å²) in [4.78, 5) is 19.4. The Hall–Kier alpha value is -1.96. The molecule has 0 aliphatic carbocycles. The minimum atomic E-state index is -0.166. The van der Waals surface area contributed by atoms with E-state index in [2.05, 4.69) is 72.5 Å². The molecule has 1 aromatic heterocycles. The second-order valence-electron chi connectivity index (χ2n) is 8.53. The molecule has 1 aliphatic heterocycles. The number of amides is 2. The van der Waals surface area contributed by atoms with Gasteiger partial charge in [0.2, 0.25) is 0 Å². The first-order valence-electron chi connectivity index (χ1n) is 10.2. The monoisotopic (exact) mass is 416 g/mol. The summed E-state index contributed by atoms with van der Waals surface area (Å²) in [5.74, 6) is 0. The van der Waals surface area contributed by atoms with E-state index < -0.39 is 0 Å². The number of rotatable bonds is 6. The molecule has 0 spiro atoms. The maximum atomic E-state index is 12.4. The smallest absolute Gasteiger partial charge is 0.315 e. The highest BCUT2D eigenvalue weighted by Crippen LogP contribution is 2.25. The van der Waals surface area contributed by atoms with Gasteiger partial charge in [0, 0.05) is 30.4 Å². The van der Waals surface area contributed by atoms with E-state index in [-0.39, 0.29) is 17.5 Å². The first kappa shape index (κ1) is 21.7. The van der Waals surface area contributed by atoms with Crippen molar-refractivity contribution in [3.05, 3.63) is 51.5 Å². The maximum absolute atomic E-state index is 12.4. The lowest BCUT2D eigenvalue weighted by molar-refractivity contribution is 0.0167. The van der Waals surface area contributed by atoms with E-state index in [0.717, 1.165) is 37.0 Å². The van der Waals surface area contributed by atoms with Gasteiger partial charge < -0.3 is 15.4 Å². The molecule has 6 nitrogen and oxygen atoms in total. The molecule has 158 valence electrons. The summed E-state index contributed by atoms with van der Waals surface area (Å²) >= 11 is 1.64. The van der Waals surface area contributed by atoms with Crippen molar-refractivity contribution < 1.29 is 9.53 Å². The third-order valence-corrected chi connectivity index (χ3v) is 6.34. The van der Waals surface area contributed by atoms with Crippen LogP contribution in [0.1, 0.15) is 48.6 Å². The van der Waals surface area contributed by atoms with Crippen molar-refractivity contribution in [1.29, 1.82) is 0 Å². The molecule has 1 fully saturated rings. The highest BCUT2D eigenvalue weighted by Gasteiger charge is 2.23. The topological polar surface area (TPSA) is 66.5 Å². The number of morpholine rings is 1. The normalized spacial score (nSPS) is 16.4. The fourth-order valence-corrected chi connectivity index (χ4v) is 4.20. The third kappa shape index (κ3) is 6.26. The van der Waals surface area contributed by atoms with Crippen LogP contribution in [0.4, 0.5) is 4.79 Å². The predicted molar refractivity (Wildman–Crippen MR) is 117 cm³/mol. The summed E-state index contributed by atoms with van der Waals surface area (Å²) < 4.78 is 5.50. The van der Waals surface area contributed by atoms with E-state index in [0.29, 0.717) is 13.1 Å². The van der Waals surface area contributed by atoms with Crippen molar-refractivity contribution in [2.24, 2.45) is 0 Å². The Kier molecular flexibility index (Phi) is 7.27. The first-order valence-corrected chi connectivity index (χ1v) is 11.1. The quantitative estimate of drug-likeness (QED) is 0.755. The van der Waals surface area contributed by atoms with E-state index in [1.807, 2.05) is 5.38 Å². The molecule has 1 aromatic carbocycles. The van der Waals surface area contributed by atoms with Gasteiger partial charge in [0.25, 0.3) is 0 Å². The van der Waals surface area contributed by atoms with Crippen molar-refractivity contribution >= 4 is 17.4 Å². The summed E-state index contributed by atoms with van der Waals surface area (Å²) in [6, 6.07) is 8.52. The summed E-state index contributed by atoms with van der Waals surface area (Å²) in [6.07, 6.45) is 0. The Labute approximate surface area is 177 Å². The van der Waals surface area contributed by atoms with Crippen LogP contribution in [0.5, 0.6) is 0 Å². The number of nitrogens with one attached hydrogen (secondary N) is 2. The van der Waals surface area contributed by atoms with Crippen LogP contribution in [-0.4, -0.2) is 48.8 Å². The SMILES string of the molecule is Cc1ccc(C(CNC(=O)NCc2csc(C(C)(C)C)n2)N2CCOCC2)cc1. The second-order valence-corrected chi connectivity index (χ2v) is 9.39. The highest BCUT2D eigenvalue weighted by atomic mass is 32.1. The van der Waals surface area contributed by atoms with Gasteiger partial charge in [-0.05, 0) is 12.5 Å². The van der Waals surface area contributed by atoms with E-state index >= 15 is 0 Å². The molecule has 3 rings (SSSR count). The number of aryl methyl sites for hydroxylation is 1. The molecule has 1 aliphatic rings. The number of aromatic nitrogens is 1. The molecule has 1 saturated heterocycles. The molecule has 2 N–H and O–H groups in total. The lowest BCUT2D eigenvalue weighted by atomic mass is 9.98. The van der Waals surface area contributed by atoms with Crippen LogP contribution in [0.15, 0.2) is 29.6 Å². The predicted octanol–water partition coefficient (Wildman–Crippen LogP) is 3.62. The van der Waals surface area contributed by atoms with Gasteiger partial charge in [-0.3, -0.25) is 4.90 Å². The Bertz CT molecular complexity index is 792. The van der Waals surface area contributed by atoms with Crippen molar-refractivity contribution in [2.45, 2.75) is 45.7 Å². The number of thiazole rings is 1. The third-order valence-electron chi connectivity index (χ3n) is 5.03. The van der Waals surface area contributed by atoms with Crippen LogP contribution in [-0.2, 0) is 16.7 Å². The van der Waals surface area contributed by atoms with Crippen molar-refractivity contribution in [3.8, 4) is 0 Å². The van der Waals surface area contributed by atoms with Crippen molar-refractivity contribution in [3.63, 3.8) is 0 Å². The molecule has 0 saturated carbocycles. The fourth-order valence-electron chi connectivity index (χ4n) is 3.29. The molecule has 0 radical (unpaired) electrons. The van der Waals surface area contributed by atoms with Gasteiger partial charge in [-0.25, -0.2) is 9.78 Å². The molecule has 29 heavy (non-hydrogen) atoms. The van der Waals surface area contributed by atoms with Crippen molar-refractivity contribution in [2.75, 3.05) is 32.8 Å². The molecular formula is C22H32N4O2S.